The molecule has 0 saturated carbocycles. The zero-order chi connectivity index (χ0) is 33.3. The van der Waals surface area contributed by atoms with E-state index in [0.29, 0.717) is 54.3 Å². The molecule has 2 heterocycles. The Morgan fingerprint density at radius 3 is 2.28 bits per heavy atom. The van der Waals surface area contributed by atoms with Crippen LogP contribution in [0.15, 0.2) is 71.9 Å². The van der Waals surface area contributed by atoms with Gasteiger partial charge < -0.3 is 25.7 Å². The number of amides is 1. The molecule has 5 rings (SSSR count). The maximum Gasteiger partial charge on any atom is 0.458 e. The van der Waals surface area contributed by atoms with Crippen molar-refractivity contribution < 1.29 is 46.2 Å². The summed E-state index contributed by atoms with van der Waals surface area (Å²) in [5.74, 6) is -4.81. The third-order valence-corrected chi connectivity index (χ3v) is 8.22. The van der Waals surface area contributed by atoms with Gasteiger partial charge in [-0.2, -0.15) is 31.6 Å². The summed E-state index contributed by atoms with van der Waals surface area (Å²) in [6.07, 6.45) is -10.0. The van der Waals surface area contributed by atoms with E-state index in [4.69, 9.17) is 5.26 Å². The van der Waals surface area contributed by atoms with E-state index in [1.165, 1.54) is 24.3 Å². The molecule has 2 aliphatic rings. The Morgan fingerprint density at radius 1 is 1.00 bits per heavy atom. The molecule has 3 aromatic rings. The van der Waals surface area contributed by atoms with E-state index in [1.807, 2.05) is 0 Å². The first kappa shape index (κ1) is 32.9. The van der Waals surface area contributed by atoms with Crippen molar-refractivity contribution >= 4 is 17.3 Å². The lowest BCUT2D eigenvalue weighted by atomic mass is 9.76. The first-order chi connectivity index (χ1) is 21.6. The van der Waals surface area contributed by atoms with E-state index in [9.17, 15) is 41.4 Å². The van der Waals surface area contributed by atoms with Gasteiger partial charge in [-0.25, -0.2) is 0 Å². The molecule has 46 heavy (non-hydrogen) atoms. The van der Waals surface area contributed by atoms with Gasteiger partial charge >= 0.3 is 18.1 Å². The van der Waals surface area contributed by atoms with Gasteiger partial charge in [0, 0.05) is 12.1 Å². The minimum Gasteiger partial charge on any atom is -0.379 e. The quantitative estimate of drug-likeness (QED) is 0.250. The molecule has 0 bridgehead atoms. The Kier molecular flexibility index (Phi) is 8.87. The SMILES string of the molecule is N#Cc1ccc(NC(=O)C(O)(Cc2cccc(-c3ccc(C4=NOC(O)(C(F)(F)F)C4)cc3)c2)C2CCNCC2)cc1C(F)(F)F. The predicted octanol–water partition coefficient (Wildman–Crippen LogP) is 5.53. The molecule has 8 nitrogen and oxygen atoms in total. The summed E-state index contributed by atoms with van der Waals surface area (Å²) in [6.45, 7) is 1.05. The van der Waals surface area contributed by atoms with Crippen LogP contribution in [0.5, 0.6) is 0 Å². The van der Waals surface area contributed by atoms with Crippen molar-refractivity contribution in [2.24, 2.45) is 11.1 Å². The van der Waals surface area contributed by atoms with Crippen molar-refractivity contribution in [1.29, 1.82) is 5.26 Å². The molecule has 0 aliphatic carbocycles. The Labute approximate surface area is 259 Å². The van der Waals surface area contributed by atoms with Crippen LogP contribution in [0, 0.1) is 17.2 Å². The van der Waals surface area contributed by atoms with Crippen molar-refractivity contribution in [2.75, 3.05) is 18.4 Å². The van der Waals surface area contributed by atoms with Crippen LogP contribution in [0.4, 0.5) is 32.0 Å². The molecule has 0 aromatic heterocycles. The number of hydrogen-bond donors (Lipinski definition) is 4. The third kappa shape index (κ3) is 6.72. The molecule has 1 fully saturated rings. The Bertz CT molecular complexity index is 1680. The first-order valence-corrected chi connectivity index (χ1v) is 14.2. The number of anilines is 1. The molecule has 2 aliphatic heterocycles. The lowest BCUT2D eigenvalue weighted by molar-refractivity contribution is -0.355. The molecule has 242 valence electrons. The number of carbonyl (C=O) groups excluding carboxylic acids is 1. The molecule has 1 amide bonds. The van der Waals surface area contributed by atoms with Crippen LogP contribution in [0.1, 0.15) is 41.5 Å². The zero-order valence-corrected chi connectivity index (χ0v) is 24.0. The Morgan fingerprint density at radius 2 is 1.67 bits per heavy atom. The van der Waals surface area contributed by atoms with Crippen LogP contribution in [0.2, 0.25) is 0 Å². The van der Waals surface area contributed by atoms with E-state index in [2.05, 4.69) is 20.6 Å². The molecular formula is C32H28F6N4O4. The van der Waals surface area contributed by atoms with Crippen molar-refractivity contribution in [3.63, 3.8) is 0 Å². The number of benzene rings is 3. The highest BCUT2D eigenvalue weighted by atomic mass is 19.4. The zero-order valence-electron chi connectivity index (χ0n) is 24.0. The minimum atomic E-state index is -5.03. The van der Waals surface area contributed by atoms with E-state index in [-0.39, 0.29) is 17.8 Å². The third-order valence-electron chi connectivity index (χ3n) is 8.22. The number of halogens is 6. The van der Waals surface area contributed by atoms with Gasteiger partial charge in [0.25, 0.3) is 5.91 Å². The Balaban J connectivity index is 1.38. The molecule has 14 heteroatoms. The van der Waals surface area contributed by atoms with Gasteiger partial charge in [0.2, 0.25) is 0 Å². The second-order valence-electron chi connectivity index (χ2n) is 11.3. The average molecular weight is 647 g/mol. The number of rotatable bonds is 7. The predicted molar refractivity (Wildman–Crippen MR) is 154 cm³/mol. The fourth-order valence-corrected chi connectivity index (χ4v) is 5.66. The molecule has 4 N–H and O–H groups in total. The molecule has 1 saturated heterocycles. The van der Waals surface area contributed by atoms with Crippen molar-refractivity contribution in [1.82, 2.24) is 5.32 Å². The van der Waals surface area contributed by atoms with Crippen molar-refractivity contribution in [3.05, 3.63) is 89.0 Å². The summed E-state index contributed by atoms with van der Waals surface area (Å²) in [4.78, 5) is 17.9. The van der Waals surface area contributed by atoms with Crippen LogP contribution < -0.4 is 10.6 Å². The van der Waals surface area contributed by atoms with Gasteiger partial charge in [-0.3, -0.25) is 4.79 Å². The fraction of sp³-hybridized carbons (Fsp3) is 0.344. The Hall–Kier alpha value is -4.45. The summed E-state index contributed by atoms with van der Waals surface area (Å²) in [6, 6.07) is 17.5. The van der Waals surface area contributed by atoms with Gasteiger partial charge in [-0.05, 0) is 72.3 Å². The maximum atomic E-state index is 13.6. The average Bonchev–Trinajstić information content (AvgIpc) is 3.45. The number of oxime groups is 1. The van der Waals surface area contributed by atoms with E-state index in [0.717, 1.165) is 6.07 Å². The summed E-state index contributed by atoms with van der Waals surface area (Å²) < 4.78 is 79.9. The van der Waals surface area contributed by atoms with Gasteiger partial charge in [-0.15, -0.1) is 0 Å². The number of hydrogen-bond acceptors (Lipinski definition) is 7. The number of carbonyl (C=O) groups is 1. The number of alkyl halides is 6. The van der Waals surface area contributed by atoms with Crippen LogP contribution in [0.3, 0.4) is 0 Å². The maximum absolute atomic E-state index is 13.6. The number of piperidine rings is 1. The monoisotopic (exact) mass is 646 g/mol. The number of nitrogens with one attached hydrogen (secondary N) is 2. The lowest BCUT2D eigenvalue weighted by Gasteiger charge is -2.37. The highest BCUT2D eigenvalue weighted by Crippen LogP contribution is 2.39. The normalized spacial score (nSPS) is 20.3. The standard InChI is InChI=1S/C32H28F6N4O4/c33-31(34,35)26-15-25(9-8-23(26)18-39)41-28(43)29(44,24-10-12-40-13-11-24)16-19-2-1-3-22(14-19)20-4-6-21(7-5-20)27-17-30(45,46-42-27)32(36,37)38/h1-9,14-15,24,40,44-45H,10-13,16-17H2,(H,41,43). The number of nitriles is 1. The highest BCUT2D eigenvalue weighted by Gasteiger charge is 2.60. The fourth-order valence-electron chi connectivity index (χ4n) is 5.66. The molecule has 0 spiro atoms. The number of aliphatic hydroxyl groups is 2. The van der Waals surface area contributed by atoms with Crippen molar-refractivity contribution in [3.8, 4) is 17.2 Å². The van der Waals surface area contributed by atoms with Crippen LogP contribution in [-0.2, 0) is 22.2 Å². The van der Waals surface area contributed by atoms with Gasteiger partial charge in [0.15, 0.2) is 0 Å². The van der Waals surface area contributed by atoms with Crippen LogP contribution in [-0.4, -0.2) is 52.5 Å². The largest absolute Gasteiger partial charge is 0.458 e. The summed E-state index contributed by atoms with van der Waals surface area (Å²) in [7, 11) is 0. The molecule has 0 radical (unpaired) electrons. The van der Waals surface area contributed by atoms with Gasteiger partial charge in [-0.1, -0.05) is 53.7 Å². The van der Waals surface area contributed by atoms with E-state index >= 15 is 0 Å². The number of nitrogens with zero attached hydrogens (tertiary/aromatic N) is 2. The van der Waals surface area contributed by atoms with E-state index < -0.39 is 53.1 Å². The first-order valence-electron chi connectivity index (χ1n) is 14.2. The minimum absolute atomic E-state index is 0.0807. The van der Waals surface area contributed by atoms with Gasteiger partial charge in [0.05, 0.1) is 29.3 Å². The lowest BCUT2D eigenvalue weighted by Crippen LogP contribution is -2.53. The molecule has 2 atom stereocenters. The van der Waals surface area contributed by atoms with Crippen molar-refractivity contribution in [2.45, 2.75) is 49.4 Å². The second-order valence-corrected chi connectivity index (χ2v) is 11.3. The van der Waals surface area contributed by atoms with Crippen LogP contribution >= 0.6 is 0 Å². The highest BCUT2D eigenvalue weighted by molar-refractivity contribution is 6.02. The smallest absolute Gasteiger partial charge is 0.379 e. The molecular weight excluding hydrogens is 618 g/mol. The summed E-state index contributed by atoms with van der Waals surface area (Å²) in [5.41, 5.74) is -1.93. The summed E-state index contributed by atoms with van der Waals surface area (Å²) >= 11 is 0. The topological polar surface area (TPSA) is 127 Å². The summed E-state index contributed by atoms with van der Waals surface area (Å²) in [5, 5.41) is 39.7. The van der Waals surface area contributed by atoms with E-state index in [1.54, 1.807) is 36.4 Å². The van der Waals surface area contributed by atoms with Crippen LogP contribution in [0.25, 0.3) is 11.1 Å². The second kappa shape index (κ2) is 12.4. The van der Waals surface area contributed by atoms with Gasteiger partial charge in [0.1, 0.15) is 5.60 Å². The molecule has 2 unspecified atom stereocenters. The molecule has 3 aromatic carbocycles.